The van der Waals surface area contributed by atoms with Gasteiger partial charge in [-0.15, -0.1) is 0 Å². The first-order valence-electron chi connectivity index (χ1n) is 7.86. The molecule has 0 heterocycles. The summed E-state index contributed by atoms with van der Waals surface area (Å²) in [5, 5.41) is 9.34. The molecule has 0 aliphatic heterocycles. The molecule has 6 heteroatoms. The third kappa shape index (κ3) is 2.79. The molecule has 130 valence electrons. The standard InChI is InChI=1S/C19H19NO5/c1-24-17(22)19(20,11-21)18(23)25-10-16-14-8-4-2-6-12(14)13-7-3-5-9-15(13)16/h2-9,16,21H,10-11,20H2,1H3/t19-/m0/s1. The van der Waals surface area contributed by atoms with Gasteiger partial charge in [0.15, 0.2) is 0 Å². The van der Waals surface area contributed by atoms with Crippen LogP contribution in [0.5, 0.6) is 0 Å². The smallest absolute Gasteiger partial charge is 0.340 e. The van der Waals surface area contributed by atoms with Crippen molar-refractivity contribution in [1.82, 2.24) is 0 Å². The van der Waals surface area contributed by atoms with Crippen molar-refractivity contribution >= 4 is 11.9 Å². The number of benzene rings is 2. The van der Waals surface area contributed by atoms with Gasteiger partial charge >= 0.3 is 11.9 Å². The van der Waals surface area contributed by atoms with E-state index in [4.69, 9.17) is 10.5 Å². The summed E-state index contributed by atoms with van der Waals surface area (Å²) in [6.45, 7) is -0.876. The van der Waals surface area contributed by atoms with E-state index in [-0.39, 0.29) is 12.5 Å². The van der Waals surface area contributed by atoms with Crippen molar-refractivity contribution in [3.63, 3.8) is 0 Å². The number of methoxy groups -OCH3 is 1. The maximum absolute atomic E-state index is 12.3. The normalized spacial score (nSPS) is 15.0. The van der Waals surface area contributed by atoms with Crippen LogP contribution in [0.1, 0.15) is 17.0 Å². The van der Waals surface area contributed by atoms with Gasteiger partial charge in [0.05, 0.1) is 13.7 Å². The number of fused-ring (bicyclic) bond motifs is 3. The molecule has 6 nitrogen and oxygen atoms in total. The van der Waals surface area contributed by atoms with Crippen LogP contribution in [0.3, 0.4) is 0 Å². The van der Waals surface area contributed by atoms with Crippen LogP contribution in [0.25, 0.3) is 11.1 Å². The molecule has 0 fully saturated rings. The Balaban J connectivity index is 1.84. The number of ether oxygens (including phenoxy) is 2. The first kappa shape index (κ1) is 17.1. The van der Waals surface area contributed by atoms with Gasteiger partial charge in [-0.05, 0) is 22.3 Å². The van der Waals surface area contributed by atoms with E-state index in [1.54, 1.807) is 0 Å². The van der Waals surface area contributed by atoms with E-state index in [0.717, 1.165) is 29.4 Å². The van der Waals surface area contributed by atoms with E-state index < -0.39 is 24.1 Å². The predicted octanol–water partition coefficient (Wildman–Crippen LogP) is 1.20. The summed E-state index contributed by atoms with van der Waals surface area (Å²) >= 11 is 0. The number of hydrogen-bond donors (Lipinski definition) is 2. The molecule has 25 heavy (non-hydrogen) atoms. The summed E-state index contributed by atoms with van der Waals surface area (Å²) in [6, 6.07) is 15.8. The molecule has 0 bridgehead atoms. The van der Waals surface area contributed by atoms with Crippen LogP contribution < -0.4 is 5.73 Å². The zero-order valence-corrected chi connectivity index (χ0v) is 13.8. The zero-order chi connectivity index (χ0) is 18.0. The largest absolute Gasteiger partial charge is 0.467 e. The van der Waals surface area contributed by atoms with Crippen molar-refractivity contribution in [2.24, 2.45) is 5.73 Å². The van der Waals surface area contributed by atoms with Crippen LogP contribution in [0.4, 0.5) is 0 Å². The van der Waals surface area contributed by atoms with Crippen molar-refractivity contribution in [2.45, 2.75) is 11.5 Å². The Morgan fingerprint density at radius 2 is 1.56 bits per heavy atom. The van der Waals surface area contributed by atoms with Gasteiger partial charge in [0.2, 0.25) is 5.54 Å². The maximum Gasteiger partial charge on any atom is 0.340 e. The molecule has 1 atom stereocenters. The van der Waals surface area contributed by atoms with Crippen molar-refractivity contribution in [1.29, 1.82) is 0 Å². The Kier molecular flexibility index (Phi) is 4.57. The summed E-state index contributed by atoms with van der Waals surface area (Å²) < 4.78 is 9.78. The molecule has 1 aliphatic carbocycles. The third-order valence-corrected chi connectivity index (χ3v) is 4.51. The quantitative estimate of drug-likeness (QED) is 0.626. The van der Waals surface area contributed by atoms with Gasteiger partial charge in [0, 0.05) is 5.92 Å². The third-order valence-electron chi connectivity index (χ3n) is 4.51. The Labute approximate surface area is 145 Å². The number of hydrogen-bond acceptors (Lipinski definition) is 6. The molecule has 0 spiro atoms. The van der Waals surface area contributed by atoms with E-state index in [0.29, 0.717) is 0 Å². The summed E-state index contributed by atoms with van der Waals surface area (Å²) in [4.78, 5) is 24.0. The lowest BCUT2D eigenvalue weighted by molar-refractivity contribution is -0.165. The number of esters is 2. The molecule has 0 unspecified atom stereocenters. The lowest BCUT2D eigenvalue weighted by Crippen LogP contribution is -2.59. The van der Waals surface area contributed by atoms with Gasteiger partial charge in [-0.2, -0.15) is 0 Å². The fraction of sp³-hybridized carbons (Fsp3) is 0.263. The minimum atomic E-state index is -2.22. The van der Waals surface area contributed by atoms with Crippen LogP contribution in [0.2, 0.25) is 0 Å². The first-order chi connectivity index (χ1) is 12.0. The Hall–Kier alpha value is -2.70. The molecule has 2 aromatic carbocycles. The number of carbonyl (C=O) groups excluding carboxylic acids is 2. The number of aliphatic hydroxyl groups is 1. The number of aliphatic hydroxyl groups excluding tert-OH is 1. The first-order valence-corrected chi connectivity index (χ1v) is 7.86. The van der Waals surface area contributed by atoms with Crippen LogP contribution in [-0.4, -0.2) is 42.9 Å². The van der Waals surface area contributed by atoms with E-state index in [1.165, 1.54) is 0 Å². The summed E-state index contributed by atoms with van der Waals surface area (Å²) in [7, 11) is 1.09. The Morgan fingerprint density at radius 3 is 2.04 bits per heavy atom. The lowest BCUT2D eigenvalue weighted by Gasteiger charge is -2.23. The van der Waals surface area contributed by atoms with Crippen molar-refractivity contribution < 1.29 is 24.2 Å². The van der Waals surface area contributed by atoms with Gasteiger partial charge in [-0.3, -0.25) is 0 Å². The molecule has 0 saturated carbocycles. The topological polar surface area (TPSA) is 98.9 Å². The maximum atomic E-state index is 12.3. The molecular formula is C19H19NO5. The van der Waals surface area contributed by atoms with Gasteiger partial charge in [0.1, 0.15) is 6.61 Å². The zero-order valence-electron chi connectivity index (χ0n) is 13.8. The fourth-order valence-corrected chi connectivity index (χ4v) is 3.12. The second kappa shape index (κ2) is 6.66. The lowest BCUT2D eigenvalue weighted by atomic mass is 9.97. The van der Waals surface area contributed by atoms with Crippen molar-refractivity contribution in [2.75, 3.05) is 20.3 Å². The molecule has 0 radical (unpaired) electrons. The number of carbonyl (C=O) groups is 2. The Morgan fingerprint density at radius 1 is 1.04 bits per heavy atom. The molecule has 0 amide bonds. The highest BCUT2D eigenvalue weighted by Gasteiger charge is 2.45. The average Bonchev–Trinajstić information content (AvgIpc) is 2.98. The fourth-order valence-electron chi connectivity index (χ4n) is 3.12. The van der Waals surface area contributed by atoms with E-state index >= 15 is 0 Å². The minimum Gasteiger partial charge on any atom is -0.467 e. The summed E-state index contributed by atoms with van der Waals surface area (Å²) in [6.07, 6.45) is 0. The highest BCUT2D eigenvalue weighted by Crippen LogP contribution is 2.44. The minimum absolute atomic E-state index is 0.0167. The van der Waals surface area contributed by atoms with Crippen molar-refractivity contribution in [3.8, 4) is 11.1 Å². The monoisotopic (exact) mass is 341 g/mol. The van der Waals surface area contributed by atoms with Crippen LogP contribution in [0, 0.1) is 0 Å². The molecular weight excluding hydrogens is 322 g/mol. The van der Waals surface area contributed by atoms with Crippen LogP contribution >= 0.6 is 0 Å². The van der Waals surface area contributed by atoms with E-state index in [1.807, 2.05) is 48.5 Å². The summed E-state index contributed by atoms with van der Waals surface area (Å²) in [5.41, 5.74) is 7.72. The van der Waals surface area contributed by atoms with Crippen molar-refractivity contribution in [3.05, 3.63) is 59.7 Å². The SMILES string of the molecule is COC(=O)[C@@](N)(CO)C(=O)OCC1c2ccccc2-c2ccccc21. The number of rotatable bonds is 5. The molecule has 0 aromatic heterocycles. The van der Waals surface area contributed by atoms with E-state index in [2.05, 4.69) is 4.74 Å². The summed E-state index contributed by atoms with van der Waals surface area (Å²) in [5.74, 6) is -2.20. The van der Waals surface area contributed by atoms with Crippen LogP contribution in [0.15, 0.2) is 48.5 Å². The van der Waals surface area contributed by atoms with E-state index in [9.17, 15) is 14.7 Å². The second-order valence-electron chi connectivity index (χ2n) is 5.95. The molecule has 3 rings (SSSR count). The highest BCUT2D eigenvalue weighted by atomic mass is 16.6. The number of nitrogens with two attached hydrogens (primary N) is 1. The van der Waals surface area contributed by atoms with Gasteiger partial charge < -0.3 is 20.3 Å². The molecule has 2 aromatic rings. The Bertz CT molecular complexity index is 773. The molecule has 3 N–H and O–H groups in total. The second-order valence-corrected chi connectivity index (χ2v) is 5.95. The molecule has 0 saturated heterocycles. The average molecular weight is 341 g/mol. The van der Waals surface area contributed by atoms with Gasteiger partial charge in [-0.25, -0.2) is 9.59 Å². The highest BCUT2D eigenvalue weighted by molar-refractivity contribution is 6.04. The van der Waals surface area contributed by atoms with Gasteiger partial charge in [0.25, 0.3) is 0 Å². The van der Waals surface area contributed by atoms with Crippen LogP contribution in [-0.2, 0) is 19.1 Å². The molecule has 1 aliphatic rings. The van der Waals surface area contributed by atoms with Gasteiger partial charge in [-0.1, -0.05) is 48.5 Å². The predicted molar refractivity (Wildman–Crippen MR) is 90.7 cm³/mol.